The second-order valence-corrected chi connectivity index (χ2v) is 11.6. The monoisotopic (exact) mass is 632 g/mol. The van der Waals surface area contributed by atoms with Crippen LogP contribution in [0, 0.1) is 40.8 Å². The van der Waals surface area contributed by atoms with Crippen LogP contribution in [0.4, 0.5) is 35.1 Å². The van der Waals surface area contributed by atoms with Crippen LogP contribution < -0.4 is 4.74 Å². The summed E-state index contributed by atoms with van der Waals surface area (Å²) in [4.78, 5) is 0. The summed E-state index contributed by atoms with van der Waals surface area (Å²) in [7, 11) is 0. The molecule has 0 heterocycles. The van der Waals surface area contributed by atoms with Gasteiger partial charge in [0, 0.05) is 17.2 Å². The Hall–Kier alpha value is -3.88. The molecular weight excluding hydrogens is 600 g/mol. The van der Waals surface area contributed by atoms with Crippen LogP contribution >= 0.6 is 0 Å². The first-order valence-corrected chi connectivity index (χ1v) is 15.1. The first kappa shape index (κ1) is 32.5. The van der Waals surface area contributed by atoms with Gasteiger partial charge in [-0.2, -0.15) is 8.78 Å². The van der Waals surface area contributed by atoms with E-state index in [4.69, 9.17) is 4.74 Å². The van der Waals surface area contributed by atoms with Gasteiger partial charge in [-0.05, 0) is 90.6 Å². The van der Waals surface area contributed by atoms with Crippen LogP contribution in [-0.4, -0.2) is 0 Å². The van der Waals surface area contributed by atoms with Crippen molar-refractivity contribution in [2.45, 2.75) is 70.3 Å². The standard InChI is InChI=1S/C36H32F8O/c1-2-3-4-5-21-6-8-22(9-7-21)28-16-17-29(34(41)33(28)40)23-10-12-25(13-11-23)36(43,44)45-26-14-15-27(30(37)20-26)24-18-31(38)35(42)32(39)19-24/h10-22H,2-9H2,1H3. The summed E-state index contributed by atoms with van der Waals surface area (Å²) in [6, 6.07) is 11.2. The molecule has 0 saturated heterocycles. The fraction of sp³-hybridized carbons (Fsp3) is 0.333. The Balaban J connectivity index is 1.27. The van der Waals surface area contributed by atoms with Crippen LogP contribution in [-0.2, 0) is 6.11 Å². The van der Waals surface area contributed by atoms with E-state index in [0.29, 0.717) is 29.7 Å². The van der Waals surface area contributed by atoms with E-state index in [2.05, 4.69) is 6.92 Å². The molecule has 9 heteroatoms. The highest BCUT2D eigenvalue weighted by Gasteiger charge is 2.35. The summed E-state index contributed by atoms with van der Waals surface area (Å²) in [6.45, 7) is 2.16. The number of benzene rings is 4. The Morgan fingerprint density at radius 1 is 0.644 bits per heavy atom. The third kappa shape index (κ3) is 7.18. The number of ether oxygens (including phenoxy) is 1. The van der Waals surface area contributed by atoms with Crippen molar-refractivity contribution in [2.75, 3.05) is 0 Å². The average molecular weight is 633 g/mol. The van der Waals surface area contributed by atoms with Crippen LogP contribution in [0.25, 0.3) is 22.3 Å². The van der Waals surface area contributed by atoms with E-state index in [1.165, 1.54) is 37.5 Å². The molecule has 0 atom stereocenters. The van der Waals surface area contributed by atoms with Gasteiger partial charge in [0.25, 0.3) is 0 Å². The summed E-state index contributed by atoms with van der Waals surface area (Å²) in [5.74, 6) is -7.91. The summed E-state index contributed by atoms with van der Waals surface area (Å²) in [5.41, 5.74) is -0.861. The second kappa shape index (κ2) is 13.6. The maximum Gasteiger partial charge on any atom is 0.426 e. The zero-order valence-electron chi connectivity index (χ0n) is 24.6. The first-order chi connectivity index (χ1) is 21.5. The van der Waals surface area contributed by atoms with Gasteiger partial charge < -0.3 is 4.74 Å². The fourth-order valence-corrected chi connectivity index (χ4v) is 6.10. The third-order valence-electron chi connectivity index (χ3n) is 8.63. The Bertz CT molecular complexity index is 1620. The molecule has 0 N–H and O–H groups in total. The lowest BCUT2D eigenvalue weighted by Crippen LogP contribution is -2.21. The number of alkyl halides is 2. The average Bonchev–Trinajstić information content (AvgIpc) is 3.01. The van der Waals surface area contributed by atoms with Crippen molar-refractivity contribution >= 4 is 0 Å². The number of rotatable bonds is 10. The van der Waals surface area contributed by atoms with E-state index in [-0.39, 0.29) is 28.2 Å². The van der Waals surface area contributed by atoms with Crippen molar-refractivity contribution < 1.29 is 39.9 Å². The summed E-state index contributed by atoms with van der Waals surface area (Å²) < 4.78 is 120. The number of hydrogen-bond acceptors (Lipinski definition) is 1. The van der Waals surface area contributed by atoms with Gasteiger partial charge in [0.1, 0.15) is 11.6 Å². The van der Waals surface area contributed by atoms with Gasteiger partial charge >= 0.3 is 6.11 Å². The van der Waals surface area contributed by atoms with E-state index in [9.17, 15) is 26.3 Å². The maximum absolute atomic E-state index is 15.2. The van der Waals surface area contributed by atoms with E-state index in [1.807, 2.05) is 0 Å². The molecule has 1 fully saturated rings. The van der Waals surface area contributed by atoms with Gasteiger partial charge in [0.15, 0.2) is 29.1 Å². The van der Waals surface area contributed by atoms with Gasteiger partial charge in [0.2, 0.25) is 0 Å². The van der Waals surface area contributed by atoms with E-state index in [1.54, 1.807) is 6.07 Å². The Labute approximate surface area is 256 Å². The minimum atomic E-state index is -3.95. The van der Waals surface area contributed by atoms with E-state index >= 15 is 8.78 Å². The van der Waals surface area contributed by atoms with Crippen LogP contribution in [0.2, 0.25) is 0 Å². The molecule has 0 bridgehead atoms. The maximum atomic E-state index is 15.2. The molecule has 0 aromatic heterocycles. The molecule has 238 valence electrons. The summed E-state index contributed by atoms with van der Waals surface area (Å²) >= 11 is 0. The zero-order valence-corrected chi connectivity index (χ0v) is 24.6. The topological polar surface area (TPSA) is 9.23 Å². The Morgan fingerprint density at radius 3 is 1.91 bits per heavy atom. The highest BCUT2D eigenvalue weighted by atomic mass is 19.3. The molecular formula is C36H32F8O. The largest absolute Gasteiger partial charge is 0.429 e. The van der Waals surface area contributed by atoms with Gasteiger partial charge in [-0.15, -0.1) is 0 Å². The van der Waals surface area contributed by atoms with Crippen molar-refractivity contribution in [1.82, 2.24) is 0 Å². The predicted molar refractivity (Wildman–Crippen MR) is 157 cm³/mol. The van der Waals surface area contributed by atoms with Crippen molar-refractivity contribution in [3.8, 4) is 28.0 Å². The SMILES string of the molecule is CCCCCC1CCC(c2ccc(-c3ccc(C(F)(F)Oc4ccc(-c5cc(F)c(F)c(F)c5)c(F)c4)cc3)c(F)c2F)CC1. The molecule has 0 aliphatic heterocycles. The highest BCUT2D eigenvalue weighted by molar-refractivity contribution is 5.66. The first-order valence-electron chi connectivity index (χ1n) is 15.1. The lowest BCUT2D eigenvalue weighted by Gasteiger charge is -2.29. The van der Waals surface area contributed by atoms with Crippen LogP contribution in [0.5, 0.6) is 5.75 Å². The number of halogens is 8. The van der Waals surface area contributed by atoms with Crippen molar-refractivity contribution in [3.63, 3.8) is 0 Å². The van der Waals surface area contributed by atoms with E-state index in [0.717, 1.165) is 56.4 Å². The molecule has 1 aliphatic rings. The molecule has 5 rings (SSSR count). The van der Waals surface area contributed by atoms with Crippen molar-refractivity contribution in [2.24, 2.45) is 5.92 Å². The van der Waals surface area contributed by atoms with Gasteiger partial charge in [-0.3, -0.25) is 0 Å². The van der Waals surface area contributed by atoms with E-state index < -0.39 is 52.3 Å². The predicted octanol–water partition coefficient (Wildman–Crippen LogP) is 11.8. The molecule has 1 aliphatic carbocycles. The minimum Gasteiger partial charge on any atom is -0.429 e. The minimum absolute atomic E-state index is 0.0633. The van der Waals surface area contributed by atoms with Crippen LogP contribution in [0.15, 0.2) is 66.7 Å². The highest BCUT2D eigenvalue weighted by Crippen LogP contribution is 2.41. The van der Waals surface area contributed by atoms with Gasteiger partial charge in [-0.1, -0.05) is 56.9 Å². The zero-order chi connectivity index (χ0) is 32.3. The molecule has 0 radical (unpaired) electrons. The molecule has 0 amide bonds. The molecule has 1 nitrogen and oxygen atoms in total. The van der Waals surface area contributed by atoms with Gasteiger partial charge in [0.05, 0.1) is 5.56 Å². The van der Waals surface area contributed by atoms with Crippen LogP contribution in [0.1, 0.15) is 75.3 Å². The molecule has 0 unspecified atom stereocenters. The van der Waals surface area contributed by atoms with Crippen molar-refractivity contribution in [1.29, 1.82) is 0 Å². The Morgan fingerprint density at radius 2 is 1.29 bits per heavy atom. The number of unbranched alkanes of at least 4 members (excludes halogenated alkanes) is 2. The Kier molecular flexibility index (Phi) is 9.85. The lowest BCUT2D eigenvalue weighted by molar-refractivity contribution is -0.185. The van der Waals surface area contributed by atoms with Crippen LogP contribution in [0.3, 0.4) is 0 Å². The summed E-state index contributed by atoms with van der Waals surface area (Å²) in [6.07, 6.45) is 4.34. The smallest absolute Gasteiger partial charge is 0.426 e. The molecule has 45 heavy (non-hydrogen) atoms. The molecule has 0 spiro atoms. The van der Waals surface area contributed by atoms with Crippen molar-refractivity contribution in [3.05, 3.63) is 113 Å². The second-order valence-electron chi connectivity index (χ2n) is 11.6. The quantitative estimate of drug-likeness (QED) is 0.0960. The molecule has 4 aromatic carbocycles. The normalized spacial score (nSPS) is 17.0. The summed E-state index contributed by atoms with van der Waals surface area (Å²) in [5, 5.41) is 0. The molecule has 1 saturated carbocycles. The molecule has 4 aromatic rings. The lowest BCUT2D eigenvalue weighted by atomic mass is 9.76. The number of hydrogen-bond donors (Lipinski definition) is 0. The fourth-order valence-electron chi connectivity index (χ4n) is 6.10. The van der Waals surface area contributed by atoms with Gasteiger partial charge in [-0.25, -0.2) is 26.3 Å². The third-order valence-corrected chi connectivity index (χ3v) is 8.63.